The minimum Gasteiger partial charge on any atom is -0.542 e. The molecule has 0 radical (unpaired) electrons. The molecule has 0 aromatic heterocycles. The molecule has 0 aromatic rings. The average Bonchev–Trinajstić information content (AvgIpc) is 2.57. The van der Waals surface area contributed by atoms with Crippen LogP contribution >= 0.6 is 0 Å². The van der Waals surface area contributed by atoms with E-state index in [2.05, 4.69) is 12.2 Å². The van der Waals surface area contributed by atoms with Gasteiger partial charge in [-0.3, -0.25) is 10.8 Å². The standard InChI is InChI=1S/C16H31O.C3H9NO3S.Na/c1-2-3-4-5-6-7-8-9-10-11-12-13-14-15-16-17;1-4-2-3-8(5,6)7;/h2-15H2,1H3;4H,2-3H2,1H3,(H,5,6,7);/q-1;;+1. The van der Waals surface area contributed by atoms with Crippen molar-refractivity contribution in [3.8, 4) is 0 Å². The maximum Gasteiger partial charge on any atom is 1.00 e. The van der Waals surface area contributed by atoms with Gasteiger partial charge in [-0.25, -0.2) is 0 Å². The van der Waals surface area contributed by atoms with Crippen molar-refractivity contribution in [1.82, 2.24) is 5.32 Å². The molecule has 0 saturated carbocycles. The number of rotatable bonds is 17. The molecule has 0 amide bonds. The third kappa shape index (κ3) is 35.6. The van der Waals surface area contributed by atoms with Crippen LogP contribution in [0.1, 0.15) is 96.8 Å². The molecule has 26 heavy (non-hydrogen) atoms. The number of hydrogen-bond acceptors (Lipinski definition) is 4. The molecule has 0 heterocycles. The molecule has 0 aliphatic heterocycles. The molecule has 0 atom stereocenters. The van der Waals surface area contributed by atoms with Gasteiger partial charge in [0.05, 0.1) is 5.75 Å². The van der Waals surface area contributed by atoms with Crippen LogP contribution in [0.5, 0.6) is 0 Å². The summed E-state index contributed by atoms with van der Waals surface area (Å²) in [5.74, 6) is -0.219. The molecule has 7 heteroatoms. The molecule has 0 rings (SSSR count). The van der Waals surface area contributed by atoms with Crippen LogP contribution in [0.15, 0.2) is 0 Å². The fourth-order valence-electron chi connectivity index (χ4n) is 2.45. The second-order valence-electron chi connectivity index (χ2n) is 6.53. The van der Waals surface area contributed by atoms with Crippen LogP contribution in [0, 0.1) is 0 Å². The van der Waals surface area contributed by atoms with E-state index in [-0.39, 0.29) is 35.3 Å². The summed E-state index contributed by atoms with van der Waals surface area (Å²) in [6.07, 6.45) is 20.2. The number of hydrogen-bond donors (Lipinski definition) is 2. The first-order chi connectivity index (χ1) is 12.0. The summed E-state index contributed by atoms with van der Waals surface area (Å²) < 4.78 is 27.9. The molecule has 152 valence electrons. The normalized spacial score (nSPS) is 10.6. The topological polar surface area (TPSA) is 83.5 Å². The molecule has 0 spiro atoms. The molecule has 0 aliphatic carbocycles. The van der Waals surface area contributed by atoms with Crippen LogP contribution in [-0.4, -0.2) is 38.6 Å². The van der Waals surface area contributed by atoms with Gasteiger partial charge in [-0.2, -0.15) is 14.8 Å². The van der Waals surface area contributed by atoms with Gasteiger partial charge in [0.25, 0.3) is 10.1 Å². The van der Waals surface area contributed by atoms with Gasteiger partial charge in [0.1, 0.15) is 0 Å². The first-order valence-electron chi connectivity index (χ1n) is 9.92. The molecule has 2 N–H and O–H groups in total. The van der Waals surface area contributed by atoms with Crippen molar-refractivity contribution in [3.05, 3.63) is 0 Å². The van der Waals surface area contributed by atoms with Crippen LogP contribution in [0.3, 0.4) is 0 Å². The maximum atomic E-state index is 9.98. The van der Waals surface area contributed by atoms with Crippen LogP contribution in [0.25, 0.3) is 0 Å². The third-order valence-electron chi connectivity index (χ3n) is 3.99. The Morgan fingerprint density at radius 1 is 0.808 bits per heavy atom. The van der Waals surface area contributed by atoms with Crippen LogP contribution < -0.4 is 34.9 Å². The van der Waals surface area contributed by atoms with Crippen molar-refractivity contribution in [2.75, 3.05) is 19.3 Å². The van der Waals surface area contributed by atoms with Crippen molar-refractivity contribution >= 4 is 16.4 Å². The van der Waals surface area contributed by atoms with Crippen molar-refractivity contribution in [2.45, 2.75) is 96.8 Å². The Balaban J connectivity index is -0.000000498. The molecular formula is C19H40NNaO4S. The molecule has 0 fully saturated rings. The van der Waals surface area contributed by atoms with Crippen molar-refractivity contribution in [3.63, 3.8) is 0 Å². The average molecular weight is 402 g/mol. The Morgan fingerprint density at radius 3 is 1.46 bits per heavy atom. The smallest absolute Gasteiger partial charge is 0.542 e. The molecule has 0 saturated heterocycles. The van der Waals surface area contributed by atoms with E-state index in [0.717, 1.165) is 6.42 Å². The van der Waals surface area contributed by atoms with Gasteiger partial charge in [-0.15, -0.1) is 0 Å². The predicted molar refractivity (Wildman–Crippen MR) is 106 cm³/mol. The monoisotopic (exact) mass is 401 g/mol. The van der Waals surface area contributed by atoms with Crippen LogP contribution in [0.2, 0.25) is 0 Å². The third-order valence-corrected chi connectivity index (χ3v) is 4.71. The van der Waals surface area contributed by atoms with Crippen molar-refractivity contribution in [2.24, 2.45) is 0 Å². The largest absolute Gasteiger partial charge is 1.00 e. The maximum absolute atomic E-state index is 9.98. The molecule has 0 unspecified atom stereocenters. The van der Waals surface area contributed by atoms with Gasteiger partial charge in [0.15, 0.2) is 0 Å². The second-order valence-corrected chi connectivity index (χ2v) is 8.10. The first-order valence-corrected chi connectivity index (χ1v) is 11.5. The SMILES string of the molecule is CCCCCCCCCCCCCCC[C-]=O.CNCCS(=O)(=O)O.[Na+]. The molecule has 0 aromatic carbocycles. The fourth-order valence-corrected chi connectivity index (χ4v) is 2.91. The minimum atomic E-state index is -3.75. The molecule has 0 aliphatic rings. The van der Waals surface area contributed by atoms with Crippen molar-refractivity contribution in [1.29, 1.82) is 0 Å². The van der Waals surface area contributed by atoms with E-state index in [9.17, 15) is 13.2 Å². The summed E-state index contributed by atoms with van der Waals surface area (Å²) in [4.78, 5) is 9.98. The van der Waals surface area contributed by atoms with Crippen LogP contribution in [-0.2, 0) is 14.9 Å². The quantitative estimate of drug-likeness (QED) is 0.168. The number of nitrogens with one attached hydrogen (secondary N) is 1. The summed E-state index contributed by atoms with van der Waals surface area (Å²) >= 11 is 0. The Kier molecular flexibility index (Phi) is 30.7. The number of unbranched alkanes of at least 4 members (excludes halogenated alkanes) is 13. The fraction of sp³-hybridized carbons (Fsp3) is 0.947. The first kappa shape index (κ1) is 31.2. The summed E-state index contributed by atoms with van der Waals surface area (Å²) in [5, 5.41) is 2.59. The van der Waals surface area contributed by atoms with E-state index < -0.39 is 10.1 Å². The van der Waals surface area contributed by atoms with Gasteiger partial charge in [0.2, 0.25) is 0 Å². The summed E-state index contributed by atoms with van der Waals surface area (Å²) in [6, 6.07) is 0. The Hall–Kier alpha value is 0.540. The molecular weight excluding hydrogens is 361 g/mol. The zero-order chi connectivity index (χ0) is 19.2. The van der Waals surface area contributed by atoms with E-state index in [4.69, 9.17) is 4.55 Å². The van der Waals surface area contributed by atoms with E-state index in [1.807, 2.05) is 6.29 Å². The van der Waals surface area contributed by atoms with Gasteiger partial charge in [0, 0.05) is 6.54 Å². The zero-order valence-corrected chi connectivity index (χ0v) is 20.2. The van der Waals surface area contributed by atoms with E-state index >= 15 is 0 Å². The minimum absolute atomic E-state index is 0. The van der Waals surface area contributed by atoms with E-state index in [1.165, 1.54) is 77.0 Å². The van der Waals surface area contributed by atoms with Gasteiger partial charge in [-0.05, 0) is 7.05 Å². The van der Waals surface area contributed by atoms with Crippen LogP contribution in [0.4, 0.5) is 0 Å². The molecule has 5 nitrogen and oxygen atoms in total. The van der Waals surface area contributed by atoms with Crippen molar-refractivity contribution < 1.29 is 47.3 Å². The summed E-state index contributed by atoms with van der Waals surface area (Å²) in [7, 11) is -2.13. The molecule has 0 bridgehead atoms. The number of carbonyl (C=O) groups excluding carboxylic acids is 1. The summed E-state index contributed by atoms with van der Waals surface area (Å²) in [6.45, 7) is 2.56. The van der Waals surface area contributed by atoms with E-state index in [1.54, 1.807) is 7.05 Å². The Bertz CT molecular complexity index is 365. The predicted octanol–water partition coefficient (Wildman–Crippen LogP) is 1.68. The Morgan fingerprint density at radius 2 is 1.19 bits per heavy atom. The van der Waals surface area contributed by atoms with Gasteiger partial charge < -0.3 is 10.1 Å². The van der Waals surface area contributed by atoms with Gasteiger partial charge >= 0.3 is 29.6 Å². The van der Waals surface area contributed by atoms with E-state index in [0.29, 0.717) is 13.0 Å². The summed E-state index contributed by atoms with van der Waals surface area (Å²) in [5.41, 5.74) is 0. The zero-order valence-electron chi connectivity index (χ0n) is 17.4. The second kappa shape index (κ2) is 25.5. The van der Waals surface area contributed by atoms with Gasteiger partial charge in [-0.1, -0.05) is 90.4 Å². The Labute approximate surface area is 184 Å².